The normalized spacial score (nSPS) is 10.6. The summed E-state index contributed by atoms with van der Waals surface area (Å²) in [6.07, 6.45) is 0.370. The van der Waals surface area contributed by atoms with E-state index in [-0.39, 0.29) is 5.91 Å². The van der Waals surface area contributed by atoms with Crippen molar-refractivity contribution in [3.63, 3.8) is 0 Å². The van der Waals surface area contributed by atoms with Crippen LogP contribution in [0.15, 0.2) is 84.2 Å². The lowest BCUT2D eigenvalue weighted by molar-refractivity contribution is -0.115. The predicted molar refractivity (Wildman–Crippen MR) is 116 cm³/mol. The van der Waals surface area contributed by atoms with Gasteiger partial charge in [-0.1, -0.05) is 66.7 Å². The zero-order valence-corrected chi connectivity index (χ0v) is 16.4. The van der Waals surface area contributed by atoms with Crippen LogP contribution in [0.1, 0.15) is 11.1 Å². The molecule has 4 aromatic rings. The third kappa shape index (κ3) is 4.18. The number of carbonyl (C=O) groups excluding carboxylic acids is 1. The van der Waals surface area contributed by atoms with Gasteiger partial charge in [0, 0.05) is 22.2 Å². The summed E-state index contributed by atoms with van der Waals surface area (Å²) in [5.74, 6) is -0.0190. The molecule has 3 nitrogen and oxygen atoms in total. The molecule has 1 aromatic heterocycles. The average molecular weight is 385 g/mol. The number of aryl methyl sites for hydroxylation is 1. The van der Waals surface area contributed by atoms with E-state index in [4.69, 9.17) is 4.98 Å². The first-order chi connectivity index (χ1) is 13.7. The van der Waals surface area contributed by atoms with Crippen molar-refractivity contribution in [3.05, 3.63) is 95.4 Å². The lowest BCUT2D eigenvalue weighted by atomic mass is 10.1. The first-order valence-corrected chi connectivity index (χ1v) is 10.0. The second kappa shape index (κ2) is 8.19. The molecule has 0 aliphatic rings. The molecular weight excluding hydrogens is 364 g/mol. The van der Waals surface area contributed by atoms with Crippen LogP contribution in [-0.4, -0.2) is 10.9 Å². The molecule has 0 unspecified atom stereocenters. The van der Waals surface area contributed by atoms with E-state index in [1.807, 2.05) is 66.7 Å². The number of nitrogens with one attached hydrogen (secondary N) is 1. The SMILES string of the molecule is Cc1ccccc1-c1nc(-c2ccc(NC(=O)Cc3ccccc3)cc2)cs1. The van der Waals surface area contributed by atoms with E-state index in [0.717, 1.165) is 27.5 Å². The molecule has 3 aromatic carbocycles. The molecule has 0 saturated carbocycles. The van der Waals surface area contributed by atoms with E-state index in [2.05, 4.69) is 29.8 Å². The second-order valence-electron chi connectivity index (χ2n) is 6.64. The van der Waals surface area contributed by atoms with Gasteiger partial charge in [0.2, 0.25) is 5.91 Å². The number of amides is 1. The maximum Gasteiger partial charge on any atom is 0.228 e. The topological polar surface area (TPSA) is 42.0 Å². The summed E-state index contributed by atoms with van der Waals surface area (Å²) in [5.41, 5.74) is 6.17. The van der Waals surface area contributed by atoms with Gasteiger partial charge in [-0.2, -0.15) is 0 Å². The molecule has 0 aliphatic heterocycles. The van der Waals surface area contributed by atoms with Crippen LogP contribution in [0, 0.1) is 6.92 Å². The van der Waals surface area contributed by atoms with Gasteiger partial charge in [-0.3, -0.25) is 4.79 Å². The molecule has 1 amide bonds. The van der Waals surface area contributed by atoms with Crippen molar-refractivity contribution >= 4 is 22.9 Å². The number of hydrogen-bond acceptors (Lipinski definition) is 3. The molecule has 1 heterocycles. The number of benzene rings is 3. The molecule has 0 saturated heterocycles. The Kier molecular flexibility index (Phi) is 5.31. The lowest BCUT2D eigenvalue weighted by Crippen LogP contribution is -2.14. The molecule has 4 rings (SSSR count). The summed E-state index contributed by atoms with van der Waals surface area (Å²) < 4.78 is 0. The van der Waals surface area contributed by atoms with Crippen LogP contribution in [0.4, 0.5) is 5.69 Å². The molecule has 0 atom stereocenters. The third-order valence-corrected chi connectivity index (χ3v) is 5.43. The van der Waals surface area contributed by atoms with Gasteiger partial charge in [0.25, 0.3) is 0 Å². The number of anilines is 1. The number of hydrogen-bond donors (Lipinski definition) is 1. The summed E-state index contributed by atoms with van der Waals surface area (Å²) in [5, 5.41) is 6.05. The average Bonchev–Trinajstić information content (AvgIpc) is 3.19. The highest BCUT2D eigenvalue weighted by Crippen LogP contribution is 2.31. The van der Waals surface area contributed by atoms with Crippen molar-refractivity contribution in [3.8, 4) is 21.8 Å². The van der Waals surface area contributed by atoms with Gasteiger partial charge in [0.1, 0.15) is 5.01 Å². The number of rotatable bonds is 5. The summed E-state index contributed by atoms with van der Waals surface area (Å²) in [7, 11) is 0. The number of aromatic nitrogens is 1. The Morgan fingerprint density at radius 2 is 1.64 bits per heavy atom. The first kappa shape index (κ1) is 18.1. The third-order valence-electron chi connectivity index (χ3n) is 4.55. The van der Waals surface area contributed by atoms with Crippen LogP contribution in [0.3, 0.4) is 0 Å². The first-order valence-electron chi connectivity index (χ1n) is 9.15. The molecule has 0 bridgehead atoms. The molecular formula is C24H20N2OS. The highest BCUT2D eigenvalue weighted by molar-refractivity contribution is 7.13. The van der Waals surface area contributed by atoms with Crippen molar-refractivity contribution in [1.29, 1.82) is 0 Å². The lowest BCUT2D eigenvalue weighted by Gasteiger charge is -2.06. The quantitative estimate of drug-likeness (QED) is 0.461. The van der Waals surface area contributed by atoms with Crippen LogP contribution in [-0.2, 0) is 11.2 Å². The maximum absolute atomic E-state index is 12.2. The minimum Gasteiger partial charge on any atom is -0.326 e. The highest BCUT2D eigenvalue weighted by Gasteiger charge is 2.09. The van der Waals surface area contributed by atoms with Crippen LogP contribution in [0.2, 0.25) is 0 Å². The van der Waals surface area contributed by atoms with E-state index in [1.54, 1.807) is 11.3 Å². The number of thiazole rings is 1. The van der Waals surface area contributed by atoms with Crippen LogP contribution in [0.5, 0.6) is 0 Å². The van der Waals surface area contributed by atoms with Gasteiger partial charge in [-0.05, 0) is 30.2 Å². The van der Waals surface area contributed by atoms with E-state index < -0.39 is 0 Å². The fourth-order valence-electron chi connectivity index (χ4n) is 3.05. The molecule has 1 N–H and O–H groups in total. The van der Waals surface area contributed by atoms with Crippen LogP contribution >= 0.6 is 11.3 Å². The van der Waals surface area contributed by atoms with Gasteiger partial charge in [-0.15, -0.1) is 11.3 Å². The Balaban J connectivity index is 1.45. The molecule has 0 aliphatic carbocycles. The number of carbonyl (C=O) groups is 1. The smallest absolute Gasteiger partial charge is 0.228 e. The van der Waals surface area contributed by atoms with Crippen molar-refractivity contribution in [1.82, 2.24) is 4.98 Å². The Morgan fingerprint density at radius 3 is 2.39 bits per heavy atom. The van der Waals surface area contributed by atoms with Gasteiger partial charge < -0.3 is 5.32 Å². The standard InChI is InChI=1S/C24H20N2OS/c1-17-7-5-6-10-21(17)24-26-22(16-28-24)19-11-13-20(14-12-19)25-23(27)15-18-8-3-2-4-9-18/h2-14,16H,15H2,1H3,(H,25,27). The van der Waals surface area contributed by atoms with Crippen molar-refractivity contribution in [2.75, 3.05) is 5.32 Å². The Bertz CT molecular complexity index is 1090. The van der Waals surface area contributed by atoms with Gasteiger partial charge in [0.05, 0.1) is 12.1 Å². The summed E-state index contributed by atoms with van der Waals surface area (Å²) in [6.45, 7) is 2.10. The van der Waals surface area contributed by atoms with Gasteiger partial charge in [0.15, 0.2) is 0 Å². The minimum atomic E-state index is -0.0190. The second-order valence-corrected chi connectivity index (χ2v) is 7.50. The summed E-state index contributed by atoms with van der Waals surface area (Å²) in [6, 6.07) is 25.9. The highest BCUT2D eigenvalue weighted by atomic mass is 32.1. The van der Waals surface area contributed by atoms with Crippen molar-refractivity contribution in [2.45, 2.75) is 13.3 Å². The summed E-state index contributed by atoms with van der Waals surface area (Å²) in [4.78, 5) is 17.0. The zero-order valence-electron chi connectivity index (χ0n) is 15.6. The maximum atomic E-state index is 12.2. The van der Waals surface area contributed by atoms with E-state index >= 15 is 0 Å². The minimum absolute atomic E-state index is 0.0190. The Labute approximate surface area is 168 Å². The predicted octanol–water partition coefficient (Wildman–Crippen LogP) is 5.97. The zero-order chi connectivity index (χ0) is 19.3. The van der Waals surface area contributed by atoms with E-state index in [0.29, 0.717) is 6.42 Å². The molecule has 0 fully saturated rings. The van der Waals surface area contributed by atoms with Gasteiger partial charge in [-0.25, -0.2) is 4.98 Å². The van der Waals surface area contributed by atoms with Crippen molar-refractivity contribution < 1.29 is 4.79 Å². The largest absolute Gasteiger partial charge is 0.326 e. The molecule has 0 spiro atoms. The van der Waals surface area contributed by atoms with E-state index in [1.165, 1.54) is 11.1 Å². The molecule has 138 valence electrons. The Hall–Kier alpha value is -3.24. The molecule has 4 heteroatoms. The Morgan fingerprint density at radius 1 is 0.929 bits per heavy atom. The van der Waals surface area contributed by atoms with Gasteiger partial charge >= 0.3 is 0 Å². The van der Waals surface area contributed by atoms with E-state index in [9.17, 15) is 4.79 Å². The van der Waals surface area contributed by atoms with Crippen LogP contribution < -0.4 is 5.32 Å². The monoisotopic (exact) mass is 384 g/mol. The number of nitrogens with zero attached hydrogens (tertiary/aromatic N) is 1. The fourth-order valence-corrected chi connectivity index (χ4v) is 3.97. The molecule has 0 radical (unpaired) electrons. The fraction of sp³-hybridized carbons (Fsp3) is 0.0833. The van der Waals surface area contributed by atoms with Crippen molar-refractivity contribution in [2.24, 2.45) is 0 Å². The van der Waals surface area contributed by atoms with Crippen LogP contribution in [0.25, 0.3) is 21.8 Å². The molecule has 28 heavy (non-hydrogen) atoms. The summed E-state index contributed by atoms with van der Waals surface area (Å²) >= 11 is 1.65.